The lowest BCUT2D eigenvalue weighted by molar-refractivity contribution is -0.254. The monoisotopic (exact) mass is 476 g/mol. The molecule has 33 heavy (non-hydrogen) atoms. The van der Waals surface area contributed by atoms with Gasteiger partial charge < -0.3 is 14.6 Å². The van der Waals surface area contributed by atoms with E-state index in [1.165, 1.54) is 32.4 Å². The summed E-state index contributed by atoms with van der Waals surface area (Å²) in [5, 5.41) is 14.3. The van der Waals surface area contributed by atoms with Crippen molar-refractivity contribution in [1.29, 1.82) is 0 Å². The van der Waals surface area contributed by atoms with Crippen LogP contribution in [0.1, 0.15) is 25.0 Å². The van der Waals surface area contributed by atoms with Crippen LogP contribution in [0.25, 0.3) is 11.3 Å². The summed E-state index contributed by atoms with van der Waals surface area (Å²) in [6.45, 7) is 0. The molecule has 178 valence electrons. The third-order valence-corrected chi connectivity index (χ3v) is 5.38. The van der Waals surface area contributed by atoms with Gasteiger partial charge in [0.25, 0.3) is 5.72 Å². The Morgan fingerprint density at radius 3 is 2.21 bits per heavy atom. The van der Waals surface area contributed by atoms with Crippen molar-refractivity contribution < 1.29 is 40.9 Å². The maximum atomic E-state index is 13.8. The van der Waals surface area contributed by atoms with Gasteiger partial charge in [0.15, 0.2) is 17.2 Å². The molecule has 0 bridgehead atoms. The van der Waals surface area contributed by atoms with Gasteiger partial charge in [-0.15, -0.1) is 0 Å². The molecule has 1 saturated carbocycles. The smallest absolute Gasteiger partial charge is 0.438 e. The minimum atomic E-state index is -5.23. The lowest BCUT2D eigenvalue weighted by atomic mass is 10.0. The first-order chi connectivity index (χ1) is 15.4. The number of alkyl halides is 6. The van der Waals surface area contributed by atoms with Crippen LogP contribution in [0.15, 0.2) is 29.4 Å². The Kier molecular flexibility index (Phi) is 5.42. The zero-order chi connectivity index (χ0) is 24.2. The molecule has 1 N–H and O–H groups in total. The van der Waals surface area contributed by atoms with Crippen molar-refractivity contribution >= 4 is 11.7 Å². The molecule has 0 radical (unpaired) electrons. The Morgan fingerprint density at radius 2 is 1.67 bits per heavy atom. The zero-order valence-corrected chi connectivity index (χ0v) is 17.3. The van der Waals surface area contributed by atoms with Gasteiger partial charge in [-0.3, -0.25) is 0 Å². The van der Waals surface area contributed by atoms with Gasteiger partial charge in [0.05, 0.1) is 19.9 Å². The Labute approximate surface area is 183 Å². The van der Waals surface area contributed by atoms with Gasteiger partial charge in [-0.05, 0) is 43.0 Å². The fourth-order valence-corrected chi connectivity index (χ4v) is 3.46. The molecular formula is C20H18F6N4O3. The number of hydrogen-bond acceptors (Lipinski definition) is 7. The molecule has 0 unspecified atom stereocenters. The van der Waals surface area contributed by atoms with E-state index in [0.717, 1.165) is 0 Å². The maximum Gasteiger partial charge on any atom is 0.438 e. The fourth-order valence-electron chi connectivity index (χ4n) is 3.46. The molecule has 0 amide bonds. The summed E-state index contributed by atoms with van der Waals surface area (Å²) in [4.78, 5) is 7.18. The molecule has 1 atom stereocenters. The standard InChI is InChI=1S/C20H18F6N4O3/c1-32-14-6-5-11(7-15(14)33-2)12-8-16(19(21,22)23)28-17(27-12)30-18(31,20(24,25)26)9-13(29-30)10-3-4-10/h5-8,10,31H,3-4,9H2,1-2H3/t18-/m1/s1. The van der Waals surface area contributed by atoms with E-state index in [0.29, 0.717) is 18.9 Å². The fraction of sp³-hybridized carbons (Fsp3) is 0.450. The van der Waals surface area contributed by atoms with Crippen molar-refractivity contribution in [2.75, 3.05) is 19.2 Å². The Bertz CT molecular complexity index is 1100. The molecular weight excluding hydrogens is 458 g/mol. The van der Waals surface area contributed by atoms with E-state index in [-0.39, 0.29) is 39.4 Å². The molecule has 0 saturated heterocycles. The minimum absolute atomic E-state index is 0.0418. The lowest BCUT2D eigenvalue weighted by Gasteiger charge is -2.32. The van der Waals surface area contributed by atoms with Crippen LogP contribution in [-0.4, -0.2) is 46.9 Å². The highest BCUT2D eigenvalue weighted by atomic mass is 19.4. The number of hydrazone groups is 1. The van der Waals surface area contributed by atoms with Crippen LogP contribution in [0, 0.1) is 5.92 Å². The molecule has 13 heteroatoms. The molecule has 2 aromatic rings. The number of benzene rings is 1. The molecule has 1 fully saturated rings. The van der Waals surface area contributed by atoms with Crippen molar-refractivity contribution in [3.63, 3.8) is 0 Å². The van der Waals surface area contributed by atoms with Gasteiger partial charge in [-0.1, -0.05) is 0 Å². The third kappa shape index (κ3) is 4.16. The highest BCUT2D eigenvalue weighted by Crippen LogP contribution is 2.47. The highest BCUT2D eigenvalue weighted by Gasteiger charge is 2.63. The summed E-state index contributed by atoms with van der Waals surface area (Å²) in [7, 11) is 2.68. The molecule has 0 spiro atoms. The van der Waals surface area contributed by atoms with Gasteiger partial charge in [-0.25, -0.2) is 9.97 Å². The average Bonchev–Trinajstić information content (AvgIpc) is 3.53. The van der Waals surface area contributed by atoms with Gasteiger partial charge in [0.1, 0.15) is 0 Å². The second-order valence-electron chi connectivity index (χ2n) is 7.67. The number of nitrogens with zero attached hydrogens (tertiary/aromatic N) is 4. The summed E-state index contributed by atoms with van der Waals surface area (Å²) in [5.74, 6) is -0.827. The normalized spacial score (nSPS) is 21.2. The van der Waals surface area contributed by atoms with Crippen LogP contribution < -0.4 is 14.5 Å². The maximum absolute atomic E-state index is 13.8. The van der Waals surface area contributed by atoms with Crippen molar-refractivity contribution in [1.82, 2.24) is 9.97 Å². The number of halogens is 6. The number of ether oxygens (including phenoxy) is 2. The van der Waals surface area contributed by atoms with Gasteiger partial charge in [0.2, 0.25) is 5.95 Å². The SMILES string of the molecule is COc1ccc(-c2cc(C(F)(F)F)nc(N3N=C(C4CC4)C[C@@]3(O)C(F)(F)F)n2)cc1OC. The summed E-state index contributed by atoms with van der Waals surface area (Å²) >= 11 is 0. The van der Waals surface area contributed by atoms with E-state index < -0.39 is 36.1 Å². The average molecular weight is 476 g/mol. The molecule has 7 nitrogen and oxygen atoms in total. The van der Waals surface area contributed by atoms with Crippen LogP contribution in [0.4, 0.5) is 32.3 Å². The first kappa shape index (κ1) is 23.1. The number of aromatic nitrogens is 2. The topological polar surface area (TPSA) is 80.1 Å². The van der Waals surface area contributed by atoms with E-state index in [1.54, 1.807) is 0 Å². The first-order valence-corrected chi connectivity index (χ1v) is 9.73. The number of aliphatic hydroxyl groups is 1. The lowest BCUT2D eigenvalue weighted by Crippen LogP contribution is -2.55. The van der Waals surface area contributed by atoms with Crippen LogP contribution in [0.5, 0.6) is 11.5 Å². The van der Waals surface area contributed by atoms with Crippen LogP contribution in [0.2, 0.25) is 0 Å². The van der Waals surface area contributed by atoms with Crippen LogP contribution in [-0.2, 0) is 6.18 Å². The number of hydrogen-bond donors (Lipinski definition) is 1. The molecule has 1 aliphatic carbocycles. The number of rotatable bonds is 5. The summed E-state index contributed by atoms with van der Waals surface area (Å²) in [6, 6.07) is 4.70. The molecule has 1 aliphatic heterocycles. The summed E-state index contributed by atoms with van der Waals surface area (Å²) < 4.78 is 92.4. The number of methoxy groups -OCH3 is 2. The summed E-state index contributed by atoms with van der Waals surface area (Å²) in [5.41, 5.74) is -5.25. The Hall–Kier alpha value is -3.09. The van der Waals surface area contributed by atoms with E-state index in [1.807, 2.05) is 0 Å². The van der Waals surface area contributed by atoms with E-state index in [2.05, 4.69) is 15.1 Å². The largest absolute Gasteiger partial charge is 0.493 e. The predicted octanol–water partition coefficient (Wildman–Crippen LogP) is 4.41. The van der Waals surface area contributed by atoms with E-state index in [4.69, 9.17) is 9.47 Å². The van der Waals surface area contributed by atoms with E-state index in [9.17, 15) is 31.4 Å². The first-order valence-electron chi connectivity index (χ1n) is 9.73. The van der Waals surface area contributed by atoms with Crippen LogP contribution in [0.3, 0.4) is 0 Å². The quantitative estimate of drug-likeness (QED) is 0.645. The Morgan fingerprint density at radius 1 is 1.00 bits per heavy atom. The van der Waals surface area contributed by atoms with Crippen molar-refractivity contribution in [2.45, 2.75) is 37.3 Å². The highest BCUT2D eigenvalue weighted by molar-refractivity contribution is 5.92. The molecule has 2 heterocycles. The van der Waals surface area contributed by atoms with Crippen molar-refractivity contribution in [3.05, 3.63) is 30.0 Å². The van der Waals surface area contributed by atoms with Gasteiger partial charge in [-0.2, -0.15) is 36.5 Å². The van der Waals surface area contributed by atoms with Crippen LogP contribution >= 0.6 is 0 Å². The number of anilines is 1. The van der Waals surface area contributed by atoms with Crippen molar-refractivity contribution in [3.8, 4) is 22.8 Å². The van der Waals surface area contributed by atoms with E-state index >= 15 is 0 Å². The summed E-state index contributed by atoms with van der Waals surface area (Å²) in [6.07, 6.45) is -9.95. The van der Waals surface area contributed by atoms with Gasteiger partial charge >= 0.3 is 12.4 Å². The van der Waals surface area contributed by atoms with Gasteiger partial charge in [0, 0.05) is 17.7 Å². The second-order valence-corrected chi connectivity index (χ2v) is 7.67. The molecule has 2 aliphatic rings. The minimum Gasteiger partial charge on any atom is -0.493 e. The Balaban J connectivity index is 1.88. The second kappa shape index (κ2) is 7.75. The zero-order valence-electron chi connectivity index (χ0n) is 17.3. The molecule has 1 aromatic heterocycles. The third-order valence-electron chi connectivity index (χ3n) is 5.38. The molecule has 4 rings (SSSR count). The van der Waals surface area contributed by atoms with Crippen molar-refractivity contribution in [2.24, 2.45) is 11.0 Å². The molecule has 1 aromatic carbocycles. The predicted molar refractivity (Wildman–Crippen MR) is 104 cm³/mol.